The van der Waals surface area contributed by atoms with Crippen molar-refractivity contribution < 1.29 is 19.4 Å². The second-order valence-electron chi connectivity index (χ2n) is 9.37. The van der Waals surface area contributed by atoms with E-state index in [0.29, 0.717) is 31.1 Å². The van der Waals surface area contributed by atoms with E-state index in [1.165, 1.54) is 0 Å². The van der Waals surface area contributed by atoms with Crippen LogP contribution < -0.4 is 15.6 Å². The summed E-state index contributed by atoms with van der Waals surface area (Å²) in [6, 6.07) is 23.1. The molecule has 0 saturated carbocycles. The molecule has 0 spiro atoms. The zero-order valence-corrected chi connectivity index (χ0v) is 24.5. The molecule has 3 aromatic rings. The summed E-state index contributed by atoms with van der Waals surface area (Å²) >= 11 is 7.16. The van der Waals surface area contributed by atoms with E-state index in [0.717, 1.165) is 25.6 Å². The van der Waals surface area contributed by atoms with Crippen LogP contribution in [0.25, 0.3) is 0 Å². The van der Waals surface area contributed by atoms with Crippen LogP contribution in [-0.4, -0.2) is 41.7 Å². The second-order valence-corrected chi connectivity index (χ2v) is 11.1. The third-order valence-corrected chi connectivity index (χ3v) is 7.33. The smallest absolute Gasteiger partial charge is 0.266 e. The highest BCUT2D eigenvalue weighted by Crippen LogP contribution is 2.44. The number of halogens is 2. The van der Waals surface area contributed by atoms with Gasteiger partial charge in [0.05, 0.1) is 6.61 Å². The van der Waals surface area contributed by atoms with Gasteiger partial charge in [0, 0.05) is 45.6 Å². The fourth-order valence-corrected chi connectivity index (χ4v) is 4.94. The molecule has 1 aliphatic rings. The Bertz CT molecular complexity index is 1270. The van der Waals surface area contributed by atoms with Gasteiger partial charge in [0.1, 0.15) is 5.75 Å². The molecule has 3 N–H and O–H groups in total. The number of amides is 1. The summed E-state index contributed by atoms with van der Waals surface area (Å²) in [7, 11) is 0. The van der Waals surface area contributed by atoms with E-state index in [-0.39, 0.29) is 18.6 Å². The van der Waals surface area contributed by atoms with E-state index >= 15 is 0 Å². The van der Waals surface area contributed by atoms with Crippen LogP contribution in [0.4, 0.5) is 0 Å². The van der Waals surface area contributed by atoms with E-state index in [2.05, 4.69) is 42.7 Å². The second kappa shape index (κ2) is 12.9. The summed E-state index contributed by atoms with van der Waals surface area (Å²) in [5.74, 6) is 0.779. The molecular weight excluding hydrogens is 614 g/mol. The average molecular weight is 645 g/mol. The minimum absolute atomic E-state index is 0.0368. The lowest BCUT2D eigenvalue weighted by Crippen LogP contribution is -2.55. The third kappa shape index (κ3) is 6.64. The molecule has 1 amide bonds. The van der Waals surface area contributed by atoms with E-state index in [1.807, 2.05) is 86.6 Å². The number of aliphatic hydroxyl groups is 1. The summed E-state index contributed by atoms with van der Waals surface area (Å²) < 4.78 is 14.0. The van der Waals surface area contributed by atoms with Crippen molar-refractivity contribution in [1.82, 2.24) is 10.9 Å². The van der Waals surface area contributed by atoms with Gasteiger partial charge in [-0.3, -0.25) is 10.2 Å². The normalized spacial score (nSPS) is 18.7. The summed E-state index contributed by atoms with van der Waals surface area (Å²) in [5, 5.41) is 9.00. The Kier molecular flexibility index (Phi) is 9.59. The molecule has 2 atom stereocenters. The summed E-state index contributed by atoms with van der Waals surface area (Å²) in [6.45, 7) is 4.41. The topological polar surface area (TPSA) is 92.2 Å². The summed E-state index contributed by atoms with van der Waals surface area (Å²) in [4.78, 5) is 19.0. The number of hydrazine groups is 1. The van der Waals surface area contributed by atoms with Crippen molar-refractivity contribution >= 4 is 43.7 Å². The Labute approximate surface area is 239 Å². The van der Waals surface area contributed by atoms with Crippen LogP contribution in [0.2, 0.25) is 0 Å². The van der Waals surface area contributed by atoms with Gasteiger partial charge in [0.25, 0.3) is 5.91 Å². The number of rotatable bonds is 11. The first-order valence-electron chi connectivity index (χ1n) is 12.5. The number of nitrogens with one attached hydrogen (secondary N) is 2. The predicted molar refractivity (Wildman–Crippen MR) is 155 cm³/mol. The van der Waals surface area contributed by atoms with Crippen LogP contribution in [0.3, 0.4) is 0 Å². The van der Waals surface area contributed by atoms with Crippen molar-refractivity contribution in [1.29, 1.82) is 0 Å². The minimum atomic E-state index is -1.29. The maximum absolute atomic E-state index is 14.0. The zero-order chi connectivity index (χ0) is 27.1. The van der Waals surface area contributed by atoms with Gasteiger partial charge in [-0.2, -0.15) is 0 Å². The van der Waals surface area contributed by atoms with Gasteiger partial charge in [0.15, 0.2) is 11.6 Å². The Morgan fingerprint density at radius 1 is 1.08 bits per heavy atom. The third-order valence-electron chi connectivity index (χ3n) is 6.08. The first kappa shape index (κ1) is 28.3. The average Bonchev–Trinajstić information content (AvgIpc) is 3.29. The number of hydrogen-bond acceptors (Lipinski definition) is 6. The first-order valence-corrected chi connectivity index (χ1v) is 14.1. The van der Waals surface area contributed by atoms with Crippen LogP contribution in [-0.2, 0) is 16.0 Å². The lowest BCUT2D eigenvalue weighted by atomic mass is 9.82. The molecule has 0 aliphatic carbocycles. The standard InChI is InChI=1S/C29H31Br2N3O4/c1-19(2)33-34-28(36)29(18-20-8-12-22(30)13-9-20)26(24-6-3-4-7-25(24)31)38-27(32-29)21-10-14-23(15-11-21)37-17-5-16-35/h3-4,6-15,19,26,33,35H,5,16-18H2,1-2H3,(H,34,36)/t26-,29-/m0/s1. The van der Waals surface area contributed by atoms with Gasteiger partial charge in [-0.15, -0.1) is 0 Å². The summed E-state index contributed by atoms with van der Waals surface area (Å²) in [5.41, 5.74) is 7.15. The molecule has 7 nitrogen and oxygen atoms in total. The molecule has 1 aliphatic heterocycles. The molecule has 0 fully saturated rings. The maximum atomic E-state index is 14.0. The molecule has 200 valence electrons. The molecular formula is C29H31Br2N3O4. The number of hydrogen-bond donors (Lipinski definition) is 3. The summed E-state index contributed by atoms with van der Waals surface area (Å²) in [6.07, 6.45) is 0.193. The van der Waals surface area contributed by atoms with Crippen molar-refractivity contribution in [3.63, 3.8) is 0 Å². The Hall–Kier alpha value is -2.72. The van der Waals surface area contributed by atoms with Crippen LogP contribution in [0.1, 0.15) is 43.1 Å². The van der Waals surface area contributed by atoms with E-state index in [1.54, 1.807) is 0 Å². The Morgan fingerprint density at radius 3 is 2.45 bits per heavy atom. The van der Waals surface area contributed by atoms with Gasteiger partial charge >= 0.3 is 0 Å². The monoisotopic (exact) mass is 643 g/mol. The van der Waals surface area contributed by atoms with E-state index in [9.17, 15) is 4.79 Å². The SMILES string of the molecule is CC(C)NNC(=O)[C@@]1(Cc2ccc(Br)cc2)N=C(c2ccc(OCCCO)cc2)O[C@H]1c1ccccc1Br. The predicted octanol–water partition coefficient (Wildman–Crippen LogP) is 5.50. The van der Waals surface area contributed by atoms with Gasteiger partial charge in [-0.25, -0.2) is 10.4 Å². The lowest BCUT2D eigenvalue weighted by Gasteiger charge is -2.31. The molecule has 0 radical (unpaired) electrons. The van der Waals surface area contributed by atoms with Crippen molar-refractivity contribution in [3.8, 4) is 5.75 Å². The molecule has 9 heteroatoms. The van der Waals surface area contributed by atoms with Gasteiger partial charge in [0.2, 0.25) is 5.90 Å². The van der Waals surface area contributed by atoms with Crippen LogP contribution >= 0.6 is 31.9 Å². The quantitative estimate of drug-likeness (QED) is 0.189. The largest absolute Gasteiger partial charge is 0.494 e. The lowest BCUT2D eigenvalue weighted by molar-refractivity contribution is -0.130. The van der Waals surface area contributed by atoms with Gasteiger partial charge in [-0.1, -0.05) is 62.2 Å². The molecule has 38 heavy (non-hydrogen) atoms. The maximum Gasteiger partial charge on any atom is 0.266 e. The number of aliphatic imine (C=N–C) groups is 1. The van der Waals surface area contributed by atoms with Crippen LogP contribution in [0.15, 0.2) is 86.7 Å². The molecule has 0 saturated heterocycles. The fourth-order valence-electron chi connectivity index (χ4n) is 4.18. The number of aliphatic hydroxyl groups excluding tert-OH is 1. The highest BCUT2D eigenvalue weighted by Gasteiger charge is 2.54. The number of ether oxygens (including phenoxy) is 2. The molecule has 1 heterocycles. The first-order chi connectivity index (χ1) is 18.3. The molecule has 0 unspecified atom stereocenters. The molecule has 3 aromatic carbocycles. The zero-order valence-electron chi connectivity index (χ0n) is 21.3. The van der Waals surface area contributed by atoms with Crippen LogP contribution in [0.5, 0.6) is 5.75 Å². The van der Waals surface area contributed by atoms with Gasteiger partial charge in [-0.05, 0) is 61.9 Å². The molecule has 0 aromatic heterocycles. The number of carbonyl (C=O) groups excluding carboxylic acids is 1. The Balaban J connectivity index is 1.78. The van der Waals surface area contributed by atoms with Crippen LogP contribution in [0, 0.1) is 0 Å². The fraction of sp³-hybridized carbons (Fsp3) is 0.310. The number of benzene rings is 3. The van der Waals surface area contributed by atoms with E-state index in [4.69, 9.17) is 19.6 Å². The highest BCUT2D eigenvalue weighted by atomic mass is 79.9. The minimum Gasteiger partial charge on any atom is -0.494 e. The number of nitrogens with zero attached hydrogens (tertiary/aromatic N) is 1. The van der Waals surface area contributed by atoms with Crippen molar-refractivity contribution in [2.45, 2.75) is 44.4 Å². The van der Waals surface area contributed by atoms with Crippen molar-refractivity contribution in [3.05, 3.63) is 98.4 Å². The molecule has 4 rings (SSSR count). The van der Waals surface area contributed by atoms with Gasteiger partial charge < -0.3 is 14.6 Å². The number of carbonyl (C=O) groups is 1. The molecule has 0 bridgehead atoms. The van der Waals surface area contributed by atoms with E-state index < -0.39 is 11.6 Å². The van der Waals surface area contributed by atoms with Crippen molar-refractivity contribution in [2.75, 3.05) is 13.2 Å². The highest BCUT2D eigenvalue weighted by molar-refractivity contribution is 9.10. The van der Waals surface area contributed by atoms with Crippen molar-refractivity contribution in [2.24, 2.45) is 4.99 Å². The Morgan fingerprint density at radius 2 is 1.79 bits per heavy atom.